The lowest BCUT2D eigenvalue weighted by Gasteiger charge is -2.19. The minimum Gasteiger partial charge on any atom is -0.373 e. The van der Waals surface area contributed by atoms with Crippen LogP contribution in [0.15, 0.2) is 0 Å². The Bertz CT molecular complexity index is 656. The van der Waals surface area contributed by atoms with Crippen molar-refractivity contribution < 1.29 is 27.5 Å². The number of halogens is 3. The zero-order chi connectivity index (χ0) is 15.8. The van der Waals surface area contributed by atoms with Gasteiger partial charge in [-0.25, -0.2) is 4.90 Å². The van der Waals surface area contributed by atoms with Gasteiger partial charge < -0.3 is 4.74 Å². The van der Waals surface area contributed by atoms with Crippen molar-refractivity contribution in [3.05, 3.63) is 11.4 Å². The molecular formula is C13H12F3N3O3. The third kappa shape index (κ3) is 1.57. The van der Waals surface area contributed by atoms with E-state index in [1.54, 1.807) is 0 Å². The molecule has 0 spiro atoms. The highest BCUT2D eigenvalue weighted by Crippen LogP contribution is 2.50. The Morgan fingerprint density at radius 3 is 2.23 bits per heavy atom. The third-order valence-corrected chi connectivity index (χ3v) is 4.69. The van der Waals surface area contributed by atoms with Crippen molar-refractivity contribution in [3.8, 4) is 0 Å². The molecule has 4 atom stereocenters. The van der Waals surface area contributed by atoms with Crippen LogP contribution >= 0.6 is 0 Å². The highest BCUT2D eigenvalue weighted by atomic mass is 19.4. The van der Waals surface area contributed by atoms with Crippen molar-refractivity contribution in [2.45, 2.75) is 38.1 Å². The number of nitrogens with one attached hydrogen (secondary N) is 1. The fourth-order valence-electron chi connectivity index (χ4n) is 3.83. The summed E-state index contributed by atoms with van der Waals surface area (Å²) in [5.74, 6) is -2.56. The number of aromatic amines is 1. The maximum atomic E-state index is 13.1. The summed E-state index contributed by atoms with van der Waals surface area (Å²) in [5, 5.41) is 5.44. The number of fused-ring (bicyclic) bond motifs is 5. The van der Waals surface area contributed by atoms with E-state index < -0.39 is 41.2 Å². The van der Waals surface area contributed by atoms with E-state index in [0.717, 1.165) is 0 Å². The Labute approximate surface area is 122 Å². The van der Waals surface area contributed by atoms with E-state index in [1.165, 1.54) is 6.92 Å². The van der Waals surface area contributed by atoms with Crippen molar-refractivity contribution in [2.75, 3.05) is 4.90 Å². The molecule has 0 saturated carbocycles. The van der Waals surface area contributed by atoms with E-state index in [-0.39, 0.29) is 17.9 Å². The standard InChI is InChI=1S/C13H12F3N3O3/c1-4-9(10(18-17-4)13(14,15)16)19-11(20)7-5-2-3-6(22-5)8(7)12(19)21/h5-8H,2-3H2,1H3,(H,17,18)/t5-,6-,7-,8+/m0/s1. The lowest BCUT2D eigenvalue weighted by molar-refractivity contribution is -0.140. The fourth-order valence-corrected chi connectivity index (χ4v) is 3.83. The first-order valence-corrected chi connectivity index (χ1v) is 6.96. The van der Waals surface area contributed by atoms with E-state index in [2.05, 4.69) is 10.2 Å². The number of aryl methyl sites for hydroxylation is 1. The Kier molecular flexibility index (Phi) is 2.56. The molecule has 22 heavy (non-hydrogen) atoms. The second-order valence-corrected chi connectivity index (χ2v) is 5.90. The first-order chi connectivity index (χ1) is 10.3. The quantitative estimate of drug-likeness (QED) is 0.795. The molecule has 0 aromatic carbocycles. The number of carbonyl (C=O) groups excluding carboxylic acids is 2. The van der Waals surface area contributed by atoms with Crippen molar-refractivity contribution in [3.63, 3.8) is 0 Å². The molecule has 3 aliphatic rings. The summed E-state index contributed by atoms with van der Waals surface area (Å²) in [6.07, 6.45) is -4.14. The molecule has 1 aromatic rings. The number of alkyl halides is 3. The summed E-state index contributed by atoms with van der Waals surface area (Å²) in [6, 6.07) is 0. The van der Waals surface area contributed by atoms with Gasteiger partial charge in [0.25, 0.3) is 0 Å². The Morgan fingerprint density at radius 2 is 1.73 bits per heavy atom. The molecule has 0 aliphatic carbocycles. The van der Waals surface area contributed by atoms with Gasteiger partial charge >= 0.3 is 6.18 Å². The van der Waals surface area contributed by atoms with Crippen LogP contribution in [0.2, 0.25) is 0 Å². The second-order valence-electron chi connectivity index (χ2n) is 5.90. The highest BCUT2D eigenvalue weighted by Gasteiger charge is 2.63. The van der Waals surface area contributed by atoms with Crippen molar-refractivity contribution in [1.29, 1.82) is 0 Å². The molecular weight excluding hydrogens is 303 g/mol. The molecule has 1 N–H and O–H groups in total. The van der Waals surface area contributed by atoms with Crippen LogP contribution in [-0.2, 0) is 20.5 Å². The Morgan fingerprint density at radius 1 is 1.18 bits per heavy atom. The van der Waals surface area contributed by atoms with Crippen LogP contribution in [0.4, 0.5) is 18.9 Å². The number of ether oxygens (including phenoxy) is 1. The van der Waals surface area contributed by atoms with Crippen molar-refractivity contribution in [2.24, 2.45) is 11.8 Å². The van der Waals surface area contributed by atoms with Gasteiger partial charge in [-0.05, 0) is 19.8 Å². The maximum absolute atomic E-state index is 13.1. The lowest BCUT2D eigenvalue weighted by atomic mass is 9.81. The zero-order valence-electron chi connectivity index (χ0n) is 11.5. The molecule has 3 aliphatic heterocycles. The molecule has 3 saturated heterocycles. The molecule has 6 nitrogen and oxygen atoms in total. The smallest absolute Gasteiger partial charge is 0.373 e. The van der Waals surface area contributed by atoms with Gasteiger partial charge in [0, 0.05) is 0 Å². The first-order valence-electron chi connectivity index (χ1n) is 6.96. The molecule has 0 unspecified atom stereocenters. The second kappa shape index (κ2) is 4.09. The van der Waals surface area contributed by atoms with Gasteiger partial charge in [-0.15, -0.1) is 0 Å². The molecule has 0 radical (unpaired) electrons. The average molecular weight is 315 g/mol. The molecule has 3 fully saturated rings. The zero-order valence-corrected chi connectivity index (χ0v) is 11.5. The number of anilines is 1. The lowest BCUT2D eigenvalue weighted by Crippen LogP contribution is -2.35. The van der Waals surface area contributed by atoms with Crippen LogP contribution in [0.25, 0.3) is 0 Å². The highest BCUT2D eigenvalue weighted by molar-refractivity contribution is 6.23. The van der Waals surface area contributed by atoms with Gasteiger partial charge in [-0.3, -0.25) is 14.7 Å². The van der Waals surface area contributed by atoms with E-state index in [4.69, 9.17) is 4.74 Å². The Balaban J connectivity index is 1.80. The summed E-state index contributed by atoms with van der Waals surface area (Å²) >= 11 is 0. The summed E-state index contributed by atoms with van der Waals surface area (Å²) in [5.41, 5.74) is -1.67. The number of nitrogens with zero attached hydrogens (tertiary/aromatic N) is 2. The van der Waals surface area contributed by atoms with Crippen LogP contribution < -0.4 is 4.90 Å². The largest absolute Gasteiger partial charge is 0.437 e. The van der Waals surface area contributed by atoms with Gasteiger partial charge in [0.15, 0.2) is 5.69 Å². The summed E-state index contributed by atoms with van der Waals surface area (Å²) in [4.78, 5) is 25.7. The number of carbonyl (C=O) groups is 2. The van der Waals surface area contributed by atoms with E-state index in [9.17, 15) is 22.8 Å². The van der Waals surface area contributed by atoms with Crippen LogP contribution in [0.5, 0.6) is 0 Å². The monoisotopic (exact) mass is 315 g/mol. The predicted molar refractivity (Wildman–Crippen MR) is 65.7 cm³/mol. The number of hydrogen-bond donors (Lipinski definition) is 1. The van der Waals surface area contributed by atoms with Gasteiger partial charge in [0.05, 0.1) is 29.7 Å². The minimum atomic E-state index is -4.74. The van der Waals surface area contributed by atoms with E-state index >= 15 is 0 Å². The van der Waals surface area contributed by atoms with E-state index in [1.807, 2.05) is 0 Å². The molecule has 9 heteroatoms. The van der Waals surface area contributed by atoms with Crippen LogP contribution in [0, 0.1) is 18.8 Å². The van der Waals surface area contributed by atoms with Crippen LogP contribution in [-0.4, -0.2) is 34.2 Å². The van der Waals surface area contributed by atoms with Crippen molar-refractivity contribution in [1.82, 2.24) is 10.2 Å². The van der Waals surface area contributed by atoms with Gasteiger partial charge in [-0.1, -0.05) is 0 Å². The number of H-pyrrole nitrogens is 1. The van der Waals surface area contributed by atoms with Crippen LogP contribution in [0.3, 0.4) is 0 Å². The summed E-state index contributed by atoms with van der Waals surface area (Å²) in [7, 11) is 0. The van der Waals surface area contributed by atoms with E-state index in [0.29, 0.717) is 17.7 Å². The molecule has 1 aromatic heterocycles. The summed E-state index contributed by atoms with van der Waals surface area (Å²) < 4.78 is 44.8. The number of imide groups is 1. The molecule has 2 amide bonds. The normalized spacial score (nSPS) is 33.9. The molecule has 2 bridgehead atoms. The van der Waals surface area contributed by atoms with Crippen LogP contribution in [0.1, 0.15) is 24.2 Å². The Hall–Kier alpha value is -1.90. The van der Waals surface area contributed by atoms with Crippen molar-refractivity contribution >= 4 is 17.5 Å². The maximum Gasteiger partial charge on any atom is 0.437 e. The number of rotatable bonds is 1. The average Bonchev–Trinajstić information content (AvgIpc) is 3.14. The first kappa shape index (κ1) is 13.7. The molecule has 4 rings (SSSR count). The minimum absolute atomic E-state index is 0.0438. The summed E-state index contributed by atoms with van der Waals surface area (Å²) in [6.45, 7) is 1.36. The number of hydrogen-bond acceptors (Lipinski definition) is 4. The van der Waals surface area contributed by atoms with Gasteiger partial charge in [0.1, 0.15) is 5.69 Å². The molecule has 4 heterocycles. The number of amides is 2. The van der Waals surface area contributed by atoms with Gasteiger partial charge in [0.2, 0.25) is 11.8 Å². The third-order valence-electron chi connectivity index (χ3n) is 4.69. The topological polar surface area (TPSA) is 75.3 Å². The number of aromatic nitrogens is 2. The van der Waals surface area contributed by atoms with Gasteiger partial charge in [-0.2, -0.15) is 18.3 Å². The fraction of sp³-hybridized carbons (Fsp3) is 0.615. The SMILES string of the molecule is Cc1[nH]nc(C(F)(F)F)c1N1C(=O)[C@@H]2[C@H](C1=O)[C@@H]1CC[C@@H]2O1. The molecule has 118 valence electrons. The predicted octanol–water partition coefficient (Wildman–Crippen LogP) is 1.40.